The lowest BCUT2D eigenvalue weighted by molar-refractivity contribution is -0.907. The maximum atomic E-state index is 11.8. The summed E-state index contributed by atoms with van der Waals surface area (Å²) in [6.07, 6.45) is 22.0. The summed E-state index contributed by atoms with van der Waals surface area (Å²) in [5, 5.41) is 0. The van der Waals surface area contributed by atoms with Gasteiger partial charge in [-0.1, -0.05) is 104 Å². The predicted molar refractivity (Wildman–Crippen MR) is 118 cm³/mol. The SMILES string of the molecule is CCCCCCCCCCCCCCCCCC(=O)OC[N+](C)(C)CCC. The molecule has 0 saturated heterocycles. The van der Waals surface area contributed by atoms with Crippen LogP contribution in [0.25, 0.3) is 0 Å². The molecular weight excluding hydrogens is 334 g/mol. The van der Waals surface area contributed by atoms with E-state index >= 15 is 0 Å². The largest absolute Gasteiger partial charge is 0.415 e. The van der Waals surface area contributed by atoms with Crippen LogP contribution < -0.4 is 0 Å². The fourth-order valence-corrected chi connectivity index (χ4v) is 3.63. The lowest BCUT2D eigenvalue weighted by atomic mass is 10.0. The molecule has 0 radical (unpaired) electrons. The van der Waals surface area contributed by atoms with Crippen LogP contribution >= 0.6 is 0 Å². The third-order valence-corrected chi connectivity index (χ3v) is 5.39. The highest BCUT2D eigenvalue weighted by molar-refractivity contribution is 5.69. The van der Waals surface area contributed by atoms with Gasteiger partial charge in [-0.05, 0) is 12.8 Å². The molecule has 3 nitrogen and oxygen atoms in total. The zero-order valence-electron chi connectivity index (χ0n) is 19.2. The molecule has 0 amide bonds. The van der Waals surface area contributed by atoms with Crippen LogP contribution in [0.5, 0.6) is 0 Å². The number of ether oxygens (including phenoxy) is 1. The van der Waals surface area contributed by atoms with Crippen molar-refractivity contribution < 1.29 is 14.0 Å². The molecule has 0 atom stereocenters. The second kappa shape index (κ2) is 18.8. The molecule has 0 saturated carbocycles. The minimum Gasteiger partial charge on any atom is -0.415 e. The van der Waals surface area contributed by atoms with Crippen LogP contribution in [0.2, 0.25) is 0 Å². The molecule has 0 N–H and O–H groups in total. The van der Waals surface area contributed by atoms with Gasteiger partial charge in [-0.3, -0.25) is 9.28 Å². The Bertz CT molecular complexity index is 328. The average Bonchev–Trinajstić information content (AvgIpc) is 2.63. The number of hydrogen-bond acceptors (Lipinski definition) is 2. The molecule has 0 aliphatic carbocycles. The minimum absolute atomic E-state index is 0.0213. The van der Waals surface area contributed by atoms with E-state index in [1.54, 1.807) is 0 Å². The van der Waals surface area contributed by atoms with Crippen molar-refractivity contribution in [3.8, 4) is 0 Å². The molecule has 0 rings (SSSR count). The standard InChI is InChI=1S/C24H50NO2/c1-5-7-8-9-10-11-12-13-14-15-16-17-18-19-20-21-24(26)27-23-25(3,4)22-6-2/h5-23H2,1-4H3/q+1. The highest BCUT2D eigenvalue weighted by atomic mass is 16.5. The minimum atomic E-state index is -0.0213. The summed E-state index contributed by atoms with van der Waals surface area (Å²) in [6, 6.07) is 0. The summed E-state index contributed by atoms with van der Waals surface area (Å²) in [5.41, 5.74) is 0. The van der Waals surface area contributed by atoms with Crippen molar-refractivity contribution in [1.82, 2.24) is 0 Å². The van der Waals surface area contributed by atoms with Crippen LogP contribution in [0.3, 0.4) is 0 Å². The molecule has 162 valence electrons. The van der Waals surface area contributed by atoms with E-state index in [2.05, 4.69) is 27.9 Å². The fraction of sp³-hybridized carbons (Fsp3) is 0.958. The molecule has 0 bridgehead atoms. The second-order valence-corrected chi connectivity index (χ2v) is 9.00. The summed E-state index contributed by atoms with van der Waals surface area (Å²) in [5.74, 6) is -0.0213. The zero-order valence-corrected chi connectivity index (χ0v) is 19.2. The molecule has 0 fully saturated rings. The molecule has 0 aliphatic heterocycles. The van der Waals surface area contributed by atoms with Gasteiger partial charge in [0.15, 0.2) is 0 Å². The predicted octanol–water partition coefficient (Wildman–Crippen LogP) is 7.24. The van der Waals surface area contributed by atoms with Crippen molar-refractivity contribution in [2.45, 2.75) is 123 Å². The molecule has 0 heterocycles. The van der Waals surface area contributed by atoms with Crippen LogP contribution in [-0.2, 0) is 9.53 Å². The Balaban J connectivity index is 3.25. The van der Waals surface area contributed by atoms with Crippen molar-refractivity contribution in [3.05, 3.63) is 0 Å². The van der Waals surface area contributed by atoms with Gasteiger partial charge in [0.25, 0.3) is 0 Å². The van der Waals surface area contributed by atoms with Crippen LogP contribution in [0, 0.1) is 0 Å². The highest BCUT2D eigenvalue weighted by Crippen LogP contribution is 2.14. The Morgan fingerprint density at radius 2 is 1.04 bits per heavy atom. The number of unbranched alkanes of at least 4 members (excludes halogenated alkanes) is 14. The molecule has 0 spiro atoms. The third-order valence-electron chi connectivity index (χ3n) is 5.39. The van der Waals surface area contributed by atoms with E-state index in [0.717, 1.165) is 23.9 Å². The summed E-state index contributed by atoms with van der Waals surface area (Å²) in [6.45, 7) is 6.00. The van der Waals surface area contributed by atoms with E-state index in [-0.39, 0.29) is 5.97 Å². The Hall–Kier alpha value is -0.570. The van der Waals surface area contributed by atoms with E-state index < -0.39 is 0 Å². The molecule has 0 unspecified atom stereocenters. The van der Waals surface area contributed by atoms with Gasteiger partial charge >= 0.3 is 5.97 Å². The van der Waals surface area contributed by atoms with Gasteiger partial charge in [-0.15, -0.1) is 0 Å². The van der Waals surface area contributed by atoms with E-state index in [4.69, 9.17) is 4.74 Å². The Labute approximate surface area is 170 Å². The lowest BCUT2D eigenvalue weighted by Gasteiger charge is -2.28. The first-order valence-corrected chi connectivity index (χ1v) is 12.0. The van der Waals surface area contributed by atoms with E-state index in [1.807, 2.05) is 0 Å². The zero-order chi connectivity index (χ0) is 20.2. The van der Waals surface area contributed by atoms with E-state index in [1.165, 1.54) is 89.9 Å². The van der Waals surface area contributed by atoms with E-state index in [9.17, 15) is 4.79 Å². The normalized spacial score (nSPS) is 11.7. The van der Waals surface area contributed by atoms with Gasteiger partial charge in [-0.2, -0.15) is 0 Å². The van der Waals surface area contributed by atoms with Crippen LogP contribution in [0.1, 0.15) is 123 Å². The topological polar surface area (TPSA) is 26.3 Å². The molecule has 0 aromatic carbocycles. The van der Waals surface area contributed by atoms with Gasteiger partial charge in [0.2, 0.25) is 6.73 Å². The Morgan fingerprint density at radius 3 is 1.44 bits per heavy atom. The number of hydrogen-bond donors (Lipinski definition) is 0. The maximum Gasteiger partial charge on any atom is 0.310 e. The highest BCUT2D eigenvalue weighted by Gasteiger charge is 2.15. The molecule has 27 heavy (non-hydrogen) atoms. The summed E-state index contributed by atoms with van der Waals surface area (Å²) < 4.78 is 6.18. The Kier molecular flexibility index (Phi) is 18.4. The number of carbonyl (C=O) groups is 1. The van der Waals surface area contributed by atoms with Gasteiger partial charge in [0.05, 0.1) is 20.6 Å². The molecule has 3 heteroatoms. The Morgan fingerprint density at radius 1 is 0.630 bits per heavy atom. The molecule has 0 aromatic heterocycles. The van der Waals surface area contributed by atoms with Crippen molar-refractivity contribution in [2.75, 3.05) is 27.4 Å². The number of rotatable bonds is 20. The number of quaternary nitrogens is 1. The number of esters is 1. The van der Waals surface area contributed by atoms with Crippen LogP contribution in [0.4, 0.5) is 0 Å². The van der Waals surface area contributed by atoms with Crippen molar-refractivity contribution in [1.29, 1.82) is 0 Å². The fourth-order valence-electron chi connectivity index (χ4n) is 3.63. The average molecular weight is 385 g/mol. The first kappa shape index (κ1) is 26.4. The maximum absolute atomic E-state index is 11.8. The van der Waals surface area contributed by atoms with E-state index in [0.29, 0.717) is 13.2 Å². The smallest absolute Gasteiger partial charge is 0.310 e. The lowest BCUT2D eigenvalue weighted by Crippen LogP contribution is -2.42. The number of nitrogens with zero attached hydrogens (tertiary/aromatic N) is 1. The van der Waals surface area contributed by atoms with Gasteiger partial charge < -0.3 is 4.74 Å². The quantitative estimate of drug-likeness (QED) is 0.0957. The van der Waals surface area contributed by atoms with Crippen LogP contribution in [-0.4, -0.2) is 37.8 Å². The van der Waals surface area contributed by atoms with Gasteiger partial charge in [-0.25, -0.2) is 0 Å². The number of carbonyl (C=O) groups excluding carboxylic acids is 1. The summed E-state index contributed by atoms with van der Waals surface area (Å²) >= 11 is 0. The summed E-state index contributed by atoms with van der Waals surface area (Å²) in [4.78, 5) is 11.8. The molecule has 0 aromatic rings. The second-order valence-electron chi connectivity index (χ2n) is 9.00. The summed E-state index contributed by atoms with van der Waals surface area (Å²) in [7, 11) is 4.23. The third kappa shape index (κ3) is 20.0. The van der Waals surface area contributed by atoms with Gasteiger partial charge in [0, 0.05) is 6.42 Å². The first-order valence-electron chi connectivity index (χ1n) is 12.0. The van der Waals surface area contributed by atoms with Gasteiger partial charge in [0.1, 0.15) is 0 Å². The van der Waals surface area contributed by atoms with Crippen molar-refractivity contribution >= 4 is 5.97 Å². The molecule has 0 aliphatic rings. The first-order chi connectivity index (χ1) is 13.0. The van der Waals surface area contributed by atoms with Crippen molar-refractivity contribution in [2.24, 2.45) is 0 Å². The van der Waals surface area contributed by atoms with Crippen LogP contribution in [0.15, 0.2) is 0 Å². The molecular formula is C24H50NO2+. The van der Waals surface area contributed by atoms with Crippen molar-refractivity contribution in [3.63, 3.8) is 0 Å². The monoisotopic (exact) mass is 384 g/mol.